The summed E-state index contributed by atoms with van der Waals surface area (Å²) in [6.45, 7) is 5.29. The third-order valence-corrected chi connectivity index (χ3v) is 5.55. The lowest BCUT2D eigenvalue weighted by Crippen LogP contribution is -2.51. The highest BCUT2D eigenvalue weighted by molar-refractivity contribution is 4.96. The second kappa shape index (κ2) is 6.76. The zero-order chi connectivity index (χ0) is 13.8. The second-order valence-electron chi connectivity index (χ2n) is 7.02. The van der Waals surface area contributed by atoms with Crippen molar-refractivity contribution in [3.63, 3.8) is 0 Å². The topological polar surface area (TPSA) is 30.5 Å². The van der Waals surface area contributed by atoms with Gasteiger partial charge < -0.3 is 14.8 Å². The molecule has 2 heterocycles. The predicted molar refractivity (Wildman–Crippen MR) is 80.9 cm³/mol. The van der Waals surface area contributed by atoms with Gasteiger partial charge in [0.25, 0.3) is 0 Å². The van der Waals surface area contributed by atoms with Crippen molar-refractivity contribution in [2.75, 3.05) is 19.8 Å². The Morgan fingerprint density at radius 1 is 1.15 bits per heavy atom. The third kappa shape index (κ3) is 3.20. The Bertz CT molecular complexity index is 295. The molecule has 1 N–H and O–H groups in total. The van der Waals surface area contributed by atoms with E-state index in [0.717, 1.165) is 25.7 Å². The molecule has 0 aromatic carbocycles. The minimum absolute atomic E-state index is 0.230. The molecule has 1 saturated carbocycles. The summed E-state index contributed by atoms with van der Waals surface area (Å²) < 4.78 is 12.2. The summed E-state index contributed by atoms with van der Waals surface area (Å²) in [5.41, 5.74) is 0.230. The van der Waals surface area contributed by atoms with E-state index in [9.17, 15) is 0 Å². The molecule has 0 amide bonds. The first-order valence-electron chi connectivity index (χ1n) is 8.82. The van der Waals surface area contributed by atoms with Crippen molar-refractivity contribution < 1.29 is 9.47 Å². The third-order valence-electron chi connectivity index (χ3n) is 5.55. The lowest BCUT2D eigenvalue weighted by Gasteiger charge is -2.43. The molecule has 0 bridgehead atoms. The molecule has 0 aromatic rings. The fourth-order valence-corrected chi connectivity index (χ4v) is 4.54. The van der Waals surface area contributed by atoms with Crippen LogP contribution >= 0.6 is 0 Å². The molecule has 0 radical (unpaired) electrons. The van der Waals surface area contributed by atoms with E-state index in [1.807, 2.05) is 0 Å². The van der Waals surface area contributed by atoms with E-state index < -0.39 is 0 Å². The molecule has 1 aliphatic carbocycles. The van der Waals surface area contributed by atoms with Gasteiger partial charge in [-0.3, -0.25) is 0 Å². The Kier molecular flexibility index (Phi) is 5.00. The van der Waals surface area contributed by atoms with Crippen LogP contribution < -0.4 is 5.32 Å². The van der Waals surface area contributed by atoms with Gasteiger partial charge in [-0.15, -0.1) is 0 Å². The summed E-state index contributed by atoms with van der Waals surface area (Å²) in [7, 11) is 0. The van der Waals surface area contributed by atoms with Crippen molar-refractivity contribution in [1.82, 2.24) is 5.32 Å². The Balaban J connectivity index is 1.65. The normalized spacial score (nSPS) is 34.6. The molecule has 3 fully saturated rings. The molecule has 3 nitrogen and oxygen atoms in total. The molecular weight excluding hydrogens is 250 g/mol. The summed E-state index contributed by atoms with van der Waals surface area (Å²) in [5, 5.41) is 3.81. The SMILES string of the molecule is CCCNC(C1CCOC2(CCCC2)C1)C1CCCO1. The van der Waals surface area contributed by atoms with E-state index in [1.165, 1.54) is 57.8 Å². The maximum absolute atomic E-state index is 6.21. The van der Waals surface area contributed by atoms with Gasteiger partial charge in [-0.25, -0.2) is 0 Å². The van der Waals surface area contributed by atoms with E-state index >= 15 is 0 Å². The van der Waals surface area contributed by atoms with E-state index in [-0.39, 0.29) is 5.60 Å². The average molecular weight is 281 g/mol. The van der Waals surface area contributed by atoms with E-state index in [0.29, 0.717) is 12.1 Å². The number of ether oxygens (including phenoxy) is 2. The van der Waals surface area contributed by atoms with Gasteiger partial charge in [0.2, 0.25) is 0 Å². The molecule has 2 aliphatic heterocycles. The second-order valence-corrected chi connectivity index (χ2v) is 7.02. The first kappa shape index (κ1) is 14.8. The summed E-state index contributed by atoms with van der Waals surface area (Å²) in [6.07, 6.45) is 11.9. The average Bonchev–Trinajstić information content (AvgIpc) is 3.12. The molecule has 1 spiro atoms. The van der Waals surface area contributed by atoms with Gasteiger partial charge in [0, 0.05) is 19.3 Å². The van der Waals surface area contributed by atoms with Gasteiger partial charge in [0.15, 0.2) is 0 Å². The summed E-state index contributed by atoms with van der Waals surface area (Å²) >= 11 is 0. The summed E-state index contributed by atoms with van der Waals surface area (Å²) in [4.78, 5) is 0. The highest BCUT2D eigenvalue weighted by atomic mass is 16.5. The maximum atomic E-state index is 6.21. The van der Waals surface area contributed by atoms with E-state index in [4.69, 9.17) is 9.47 Å². The van der Waals surface area contributed by atoms with Gasteiger partial charge >= 0.3 is 0 Å². The van der Waals surface area contributed by atoms with Crippen LogP contribution in [0.15, 0.2) is 0 Å². The van der Waals surface area contributed by atoms with Crippen LogP contribution in [-0.4, -0.2) is 37.5 Å². The van der Waals surface area contributed by atoms with Gasteiger partial charge in [0.05, 0.1) is 11.7 Å². The number of rotatable bonds is 5. The molecule has 20 heavy (non-hydrogen) atoms. The Labute approximate surface area is 123 Å². The molecular formula is C17H31NO2. The monoisotopic (exact) mass is 281 g/mol. The molecule has 3 atom stereocenters. The molecule has 3 aliphatic rings. The minimum Gasteiger partial charge on any atom is -0.377 e. The van der Waals surface area contributed by atoms with Crippen LogP contribution in [0.2, 0.25) is 0 Å². The van der Waals surface area contributed by atoms with Crippen molar-refractivity contribution in [2.24, 2.45) is 5.92 Å². The highest BCUT2D eigenvalue weighted by Crippen LogP contribution is 2.43. The van der Waals surface area contributed by atoms with Crippen LogP contribution in [-0.2, 0) is 9.47 Å². The first-order valence-corrected chi connectivity index (χ1v) is 8.82. The van der Waals surface area contributed by atoms with Gasteiger partial charge in [-0.1, -0.05) is 19.8 Å². The Morgan fingerprint density at radius 3 is 2.70 bits per heavy atom. The minimum atomic E-state index is 0.230. The largest absolute Gasteiger partial charge is 0.377 e. The number of hydrogen-bond donors (Lipinski definition) is 1. The van der Waals surface area contributed by atoms with Crippen LogP contribution in [0, 0.1) is 5.92 Å². The molecule has 116 valence electrons. The van der Waals surface area contributed by atoms with Crippen LogP contribution in [0.4, 0.5) is 0 Å². The molecule has 2 saturated heterocycles. The Morgan fingerprint density at radius 2 is 2.00 bits per heavy atom. The van der Waals surface area contributed by atoms with Crippen LogP contribution in [0.1, 0.15) is 64.7 Å². The van der Waals surface area contributed by atoms with E-state index in [1.54, 1.807) is 0 Å². The quantitative estimate of drug-likeness (QED) is 0.839. The fraction of sp³-hybridized carbons (Fsp3) is 1.00. The van der Waals surface area contributed by atoms with Gasteiger partial charge in [-0.05, 0) is 57.4 Å². The van der Waals surface area contributed by atoms with E-state index in [2.05, 4.69) is 12.2 Å². The van der Waals surface area contributed by atoms with Gasteiger partial charge in [-0.2, -0.15) is 0 Å². The van der Waals surface area contributed by atoms with Gasteiger partial charge in [0.1, 0.15) is 0 Å². The lowest BCUT2D eigenvalue weighted by atomic mass is 9.78. The number of nitrogens with one attached hydrogen (secondary N) is 1. The van der Waals surface area contributed by atoms with Crippen LogP contribution in [0.3, 0.4) is 0 Å². The van der Waals surface area contributed by atoms with Crippen molar-refractivity contribution in [1.29, 1.82) is 0 Å². The molecule has 3 heteroatoms. The molecule has 3 unspecified atom stereocenters. The lowest BCUT2D eigenvalue weighted by molar-refractivity contribution is -0.105. The zero-order valence-corrected chi connectivity index (χ0v) is 13.0. The smallest absolute Gasteiger partial charge is 0.0731 e. The predicted octanol–water partition coefficient (Wildman–Crippen LogP) is 3.27. The Hall–Kier alpha value is -0.120. The zero-order valence-electron chi connectivity index (χ0n) is 13.0. The summed E-state index contributed by atoms with van der Waals surface area (Å²) in [6, 6.07) is 0.554. The standard InChI is InChI=1S/C17H31NO2/c1-2-10-18-16(15-6-5-11-19-15)14-7-12-20-17(13-14)8-3-4-9-17/h14-16,18H,2-13H2,1H3. The molecule has 0 aromatic heterocycles. The van der Waals surface area contributed by atoms with Crippen LogP contribution in [0.5, 0.6) is 0 Å². The van der Waals surface area contributed by atoms with Crippen LogP contribution in [0.25, 0.3) is 0 Å². The number of hydrogen-bond acceptors (Lipinski definition) is 3. The van der Waals surface area contributed by atoms with Crippen molar-refractivity contribution in [2.45, 2.75) is 82.5 Å². The highest BCUT2D eigenvalue weighted by Gasteiger charge is 2.43. The summed E-state index contributed by atoms with van der Waals surface area (Å²) in [5.74, 6) is 0.747. The maximum Gasteiger partial charge on any atom is 0.0731 e. The van der Waals surface area contributed by atoms with Crippen molar-refractivity contribution in [3.8, 4) is 0 Å². The fourth-order valence-electron chi connectivity index (χ4n) is 4.54. The van der Waals surface area contributed by atoms with Crippen molar-refractivity contribution >= 4 is 0 Å². The first-order chi connectivity index (χ1) is 9.83. The molecule has 3 rings (SSSR count). The van der Waals surface area contributed by atoms with Crippen molar-refractivity contribution in [3.05, 3.63) is 0 Å².